The number of ether oxygens (including phenoxy) is 2. The van der Waals surface area contributed by atoms with Gasteiger partial charge in [0.1, 0.15) is 0 Å². The predicted octanol–water partition coefficient (Wildman–Crippen LogP) is 4.35. The van der Waals surface area contributed by atoms with Crippen LogP contribution in [0.1, 0.15) is 18.9 Å². The molecule has 29 heavy (non-hydrogen) atoms. The molecule has 1 unspecified atom stereocenters. The fraction of sp³-hybridized carbons (Fsp3) is 0.250. The van der Waals surface area contributed by atoms with E-state index in [0.29, 0.717) is 33.2 Å². The Balaban J connectivity index is 1.61. The molecule has 0 aliphatic rings. The Morgan fingerprint density at radius 1 is 1.17 bits per heavy atom. The minimum absolute atomic E-state index is 0.175. The normalized spacial score (nSPS) is 11.7. The molecule has 0 bridgehead atoms. The zero-order valence-electron chi connectivity index (χ0n) is 16.3. The number of para-hydroxylation sites is 3. The first-order valence-electron chi connectivity index (χ1n) is 8.85. The van der Waals surface area contributed by atoms with E-state index in [-0.39, 0.29) is 17.8 Å². The van der Waals surface area contributed by atoms with Gasteiger partial charge in [0.25, 0.3) is 0 Å². The monoisotopic (exact) mass is 432 g/mol. The van der Waals surface area contributed by atoms with E-state index in [1.165, 1.54) is 11.8 Å². The zero-order chi connectivity index (χ0) is 20.8. The minimum atomic E-state index is -0.352. The van der Waals surface area contributed by atoms with E-state index in [9.17, 15) is 4.79 Å². The van der Waals surface area contributed by atoms with E-state index in [1.807, 2.05) is 54.9 Å². The van der Waals surface area contributed by atoms with Crippen molar-refractivity contribution in [1.29, 1.82) is 0 Å². The second kappa shape index (κ2) is 9.67. The smallest absolute Gasteiger partial charge is 0.234 e. The lowest BCUT2D eigenvalue weighted by Crippen LogP contribution is -2.15. The third-order valence-electron chi connectivity index (χ3n) is 4.09. The topological polar surface area (TPSA) is 78.3 Å². The van der Waals surface area contributed by atoms with Crippen LogP contribution in [0.3, 0.4) is 0 Å². The van der Waals surface area contributed by atoms with Crippen LogP contribution in [0, 0.1) is 0 Å². The highest BCUT2D eigenvalue weighted by atomic mass is 35.5. The summed E-state index contributed by atoms with van der Waals surface area (Å²) in [5, 5.41) is 12.3. The van der Waals surface area contributed by atoms with Gasteiger partial charge in [-0.1, -0.05) is 47.6 Å². The minimum Gasteiger partial charge on any atom is -0.493 e. The summed E-state index contributed by atoms with van der Waals surface area (Å²) in [5.74, 6) is 1.92. The highest BCUT2D eigenvalue weighted by Crippen LogP contribution is 2.30. The molecule has 0 radical (unpaired) electrons. The molecule has 1 N–H and O–H groups in total. The van der Waals surface area contributed by atoms with Gasteiger partial charge in [0, 0.05) is 7.05 Å². The Labute approximate surface area is 178 Å². The van der Waals surface area contributed by atoms with Gasteiger partial charge in [0.2, 0.25) is 5.91 Å². The molecule has 3 rings (SSSR count). The molecule has 0 saturated heterocycles. The largest absolute Gasteiger partial charge is 0.493 e. The van der Waals surface area contributed by atoms with Crippen LogP contribution in [0.25, 0.3) is 0 Å². The van der Waals surface area contributed by atoms with Crippen LogP contribution < -0.4 is 14.8 Å². The number of hydrogen-bond donors (Lipinski definition) is 1. The first kappa shape index (κ1) is 21.0. The van der Waals surface area contributed by atoms with Gasteiger partial charge in [-0.2, -0.15) is 0 Å². The average Bonchev–Trinajstić information content (AvgIpc) is 3.09. The highest BCUT2D eigenvalue weighted by molar-refractivity contribution is 7.99. The van der Waals surface area contributed by atoms with E-state index < -0.39 is 0 Å². The van der Waals surface area contributed by atoms with Crippen LogP contribution in [0.2, 0.25) is 5.02 Å². The molecule has 0 saturated carbocycles. The maximum Gasteiger partial charge on any atom is 0.234 e. The van der Waals surface area contributed by atoms with E-state index in [0.717, 1.165) is 0 Å². The molecule has 0 fully saturated rings. The Hall–Kier alpha value is -2.71. The standard InChI is InChI=1S/C20H21ClN4O3S/c1-13(28-17-11-7-6-10-16(17)27-3)19-23-24-20(25(19)2)29-12-18(26)22-15-9-5-4-8-14(15)21/h4-11,13H,12H2,1-3H3,(H,22,26). The van der Waals surface area contributed by atoms with Crippen LogP contribution >= 0.6 is 23.4 Å². The quantitative estimate of drug-likeness (QED) is 0.533. The van der Waals surface area contributed by atoms with Gasteiger partial charge in [0.15, 0.2) is 28.6 Å². The zero-order valence-corrected chi connectivity index (χ0v) is 17.8. The Morgan fingerprint density at radius 2 is 1.86 bits per heavy atom. The van der Waals surface area contributed by atoms with Crippen LogP contribution in [0.4, 0.5) is 5.69 Å². The molecular formula is C20H21ClN4O3S. The van der Waals surface area contributed by atoms with Crippen molar-refractivity contribution in [3.63, 3.8) is 0 Å². The van der Waals surface area contributed by atoms with E-state index in [2.05, 4.69) is 15.5 Å². The molecule has 0 aliphatic heterocycles. The molecule has 2 aromatic carbocycles. The lowest BCUT2D eigenvalue weighted by atomic mass is 10.3. The van der Waals surface area contributed by atoms with Crippen LogP contribution in [-0.4, -0.2) is 33.5 Å². The Morgan fingerprint density at radius 3 is 2.59 bits per heavy atom. The van der Waals surface area contributed by atoms with Gasteiger partial charge in [-0.05, 0) is 31.2 Å². The number of hydrogen-bond acceptors (Lipinski definition) is 6. The summed E-state index contributed by atoms with van der Waals surface area (Å²) in [6, 6.07) is 14.5. The summed E-state index contributed by atoms with van der Waals surface area (Å²) >= 11 is 7.35. The first-order valence-corrected chi connectivity index (χ1v) is 10.2. The van der Waals surface area contributed by atoms with Crippen molar-refractivity contribution in [1.82, 2.24) is 14.8 Å². The SMILES string of the molecule is COc1ccccc1OC(C)c1nnc(SCC(=O)Nc2ccccc2Cl)n1C. The van der Waals surface area contributed by atoms with Crippen LogP contribution in [0.15, 0.2) is 53.7 Å². The molecule has 1 aromatic heterocycles. The van der Waals surface area contributed by atoms with Gasteiger partial charge in [-0.25, -0.2) is 0 Å². The van der Waals surface area contributed by atoms with Crippen molar-refractivity contribution in [2.45, 2.75) is 18.2 Å². The van der Waals surface area contributed by atoms with Crippen LogP contribution in [0.5, 0.6) is 11.5 Å². The number of rotatable bonds is 8. The number of carbonyl (C=O) groups excluding carboxylic acids is 1. The lowest BCUT2D eigenvalue weighted by Gasteiger charge is -2.16. The second-order valence-electron chi connectivity index (χ2n) is 6.13. The van der Waals surface area contributed by atoms with Gasteiger partial charge in [-0.15, -0.1) is 10.2 Å². The summed E-state index contributed by atoms with van der Waals surface area (Å²) in [5.41, 5.74) is 0.581. The van der Waals surface area contributed by atoms with Gasteiger partial charge < -0.3 is 19.4 Å². The van der Waals surface area contributed by atoms with Gasteiger partial charge >= 0.3 is 0 Å². The van der Waals surface area contributed by atoms with Gasteiger partial charge in [0.05, 0.1) is 23.6 Å². The maximum absolute atomic E-state index is 12.2. The number of nitrogens with one attached hydrogen (secondary N) is 1. The number of nitrogens with zero attached hydrogens (tertiary/aromatic N) is 3. The van der Waals surface area contributed by atoms with E-state index in [1.54, 1.807) is 19.2 Å². The summed E-state index contributed by atoms with van der Waals surface area (Å²) in [6.07, 6.45) is -0.352. The molecule has 7 nitrogen and oxygen atoms in total. The fourth-order valence-electron chi connectivity index (χ4n) is 2.64. The van der Waals surface area contributed by atoms with E-state index in [4.69, 9.17) is 21.1 Å². The number of amides is 1. The number of carbonyl (C=O) groups is 1. The molecule has 1 heterocycles. The summed E-state index contributed by atoms with van der Waals surface area (Å²) < 4.78 is 13.1. The van der Waals surface area contributed by atoms with Crippen molar-refractivity contribution in [2.24, 2.45) is 7.05 Å². The molecular weight excluding hydrogens is 412 g/mol. The van der Waals surface area contributed by atoms with Crippen molar-refractivity contribution < 1.29 is 14.3 Å². The molecule has 0 aliphatic carbocycles. The number of methoxy groups -OCH3 is 1. The maximum atomic E-state index is 12.2. The van der Waals surface area contributed by atoms with Crippen molar-refractivity contribution in [2.75, 3.05) is 18.2 Å². The molecule has 9 heteroatoms. The molecule has 1 amide bonds. The fourth-order valence-corrected chi connectivity index (χ4v) is 3.55. The first-order chi connectivity index (χ1) is 14.0. The number of aromatic nitrogens is 3. The second-order valence-corrected chi connectivity index (χ2v) is 7.48. The average molecular weight is 433 g/mol. The molecule has 1 atom stereocenters. The Bertz CT molecular complexity index is 995. The number of benzene rings is 2. The lowest BCUT2D eigenvalue weighted by molar-refractivity contribution is -0.113. The molecule has 0 spiro atoms. The number of halogens is 1. The summed E-state index contributed by atoms with van der Waals surface area (Å²) in [6.45, 7) is 1.88. The summed E-state index contributed by atoms with van der Waals surface area (Å²) in [4.78, 5) is 12.2. The third kappa shape index (κ3) is 5.21. The van der Waals surface area contributed by atoms with Crippen molar-refractivity contribution in [3.05, 3.63) is 59.4 Å². The van der Waals surface area contributed by atoms with Gasteiger partial charge in [-0.3, -0.25) is 4.79 Å². The predicted molar refractivity (Wildman–Crippen MR) is 114 cm³/mol. The van der Waals surface area contributed by atoms with E-state index >= 15 is 0 Å². The molecule has 3 aromatic rings. The molecule has 152 valence electrons. The third-order valence-corrected chi connectivity index (χ3v) is 5.44. The van der Waals surface area contributed by atoms with Crippen molar-refractivity contribution in [3.8, 4) is 11.5 Å². The van der Waals surface area contributed by atoms with Crippen LogP contribution in [-0.2, 0) is 11.8 Å². The number of thioether (sulfide) groups is 1. The van der Waals surface area contributed by atoms with Crippen molar-refractivity contribution >= 4 is 35.0 Å². The number of anilines is 1. The Kier molecular flexibility index (Phi) is 7.00. The summed E-state index contributed by atoms with van der Waals surface area (Å²) in [7, 11) is 3.43. The highest BCUT2D eigenvalue weighted by Gasteiger charge is 2.19.